The van der Waals surface area contributed by atoms with E-state index in [2.05, 4.69) is 67.1 Å². The number of carbonyl (C=O) groups excluding carboxylic acids is 1. The van der Waals surface area contributed by atoms with Gasteiger partial charge in [-0.05, 0) is 39.7 Å². The van der Waals surface area contributed by atoms with Crippen LogP contribution in [-0.2, 0) is 6.54 Å². The minimum absolute atomic E-state index is 0.0454. The Kier molecular flexibility index (Phi) is 7.91. The van der Waals surface area contributed by atoms with Crippen molar-refractivity contribution in [3.05, 3.63) is 35.9 Å². The third-order valence-electron chi connectivity index (χ3n) is 5.22. The predicted octanol–water partition coefficient (Wildman–Crippen LogP) is 3.02. The number of rotatable bonds is 8. The van der Waals surface area contributed by atoms with Gasteiger partial charge in [-0.25, -0.2) is 4.79 Å². The lowest BCUT2D eigenvalue weighted by molar-refractivity contribution is 0.151. The zero-order chi connectivity index (χ0) is 19.1. The van der Waals surface area contributed by atoms with Crippen molar-refractivity contribution >= 4 is 6.03 Å². The number of hydrogen-bond donors (Lipinski definition) is 1. The lowest BCUT2D eigenvalue weighted by Crippen LogP contribution is -2.48. The lowest BCUT2D eigenvalue weighted by Gasteiger charge is -2.32. The standard InChI is InChI=1S/C21H36N4O/c1-17(2)25(18(3)4)14-13-23(5)21(26)22-20-11-12-24(16-20)15-19-9-7-6-8-10-19/h6-10,17-18,20H,11-16H2,1-5H3,(H,22,26)/t20-/m1/s1. The van der Waals surface area contributed by atoms with Crippen LogP contribution < -0.4 is 5.32 Å². The second-order valence-electron chi connectivity index (χ2n) is 8.00. The van der Waals surface area contributed by atoms with Gasteiger partial charge in [0.2, 0.25) is 0 Å². The number of likely N-dealkylation sites (N-methyl/N-ethyl adjacent to an activating group) is 1. The number of nitrogens with zero attached hydrogens (tertiary/aromatic N) is 3. The van der Waals surface area contributed by atoms with E-state index in [0.717, 1.165) is 39.1 Å². The first-order valence-electron chi connectivity index (χ1n) is 9.90. The Morgan fingerprint density at radius 1 is 1.15 bits per heavy atom. The van der Waals surface area contributed by atoms with Crippen LogP contribution in [0.1, 0.15) is 39.7 Å². The summed E-state index contributed by atoms with van der Waals surface area (Å²) < 4.78 is 0. The molecule has 1 aliphatic heterocycles. The molecule has 146 valence electrons. The molecule has 0 unspecified atom stereocenters. The smallest absolute Gasteiger partial charge is 0.317 e. The quantitative estimate of drug-likeness (QED) is 0.774. The number of hydrogen-bond acceptors (Lipinski definition) is 3. The minimum Gasteiger partial charge on any atom is -0.334 e. The van der Waals surface area contributed by atoms with Gasteiger partial charge in [-0.2, -0.15) is 0 Å². The van der Waals surface area contributed by atoms with Gasteiger partial charge in [-0.15, -0.1) is 0 Å². The molecule has 0 aliphatic carbocycles. The van der Waals surface area contributed by atoms with Crippen molar-refractivity contribution in [3.63, 3.8) is 0 Å². The summed E-state index contributed by atoms with van der Waals surface area (Å²) in [7, 11) is 1.89. The summed E-state index contributed by atoms with van der Waals surface area (Å²) in [6.07, 6.45) is 1.02. The van der Waals surface area contributed by atoms with Crippen LogP contribution in [-0.4, -0.2) is 72.1 Å². The van der Waals surface area contributed by atoms with Crippen LogP contribution in [0.2, 0.25) is 0 Å². The van der Waals surface area contributed by atoms with Crippen molar-refractivity contribution in [1.82, 2.24) is 20.0 Å². The highest BCUT2D eigenvalue weighted by Crippen LogP contribution is 2.13. The Bertz CT molecular complexity index is 538. The summed E-state index contributed by atoms with van der Waals surface area (Å²) in [5, 5.41) is 3.20. The van der Waals surface area contributed by atoms with Gasteiger partial charge >= 0.3 is 6.03 Å². The van der Waals surface area contributed by atoms with E-state index in [9.17, 15) is 4.79 Å². The Labute approximate surface area is 159 Å². The zero-order valence-corrected chi connectivity index (χ0v) is 17.1. The number of benzene rings is 1. The molecule has 1 N–H and O–H groups in total. The highest BCUT2D eigenvalue weighted by Gasteiger charge is 2.25. The van der Waals surface area contributed by atoms with Crippen LogP contribution in [0, 0.1) is 0 Å². The van der Waals surface area contributed by atoms with E-state index in [4.69, 9.17) is 0 Å². The summed E-state index contributed by atoms with van der Waals surface area (Å²) in [6, 6.07) is 11.8. The molecule has 1 atom stereocenters. The Morgan fingerprint density at radius 3 is 2.42 bits per heavy atom. The van der Waals surface area contributed by atoms with Gasteiger partial charge in [-0.1, -0.05) is 30.3 Å². The zero-order valence-electron chi connectivity index (χ0n) is 17.1. The summed E-state index contributed by atoms with van der Waals surface area (Å²) in [6.45, 7) is 13.4. The maximum atomic E-state index is 12.5. The molecule has 1 fully saturated rings. The van der Waals surface area contributed by atoms with Crippen molar-refractivity contribution in [2.45, 2.75) is 58.8 Å². The maximum absolute atomic E-state index is 12.5. The number of urea groups is 1. The molecule has 0 saturated carbocycles. The number of likely N-dealkylation sites (tertiary alicyclic amines) is 1. The molecule has 1 aromatic carbocycles. The average Bonchev–Trinajstić information content (AvgIpc) is 3.02. The third kappa shape index (κ3) is 6.29. The normalized spacial score (nSPS) is 18.1. The van der Waals surface area contributed by atoms with Gasteiger partial charge in [0, 0.05) is 57.9 Å². The highest BCUT2D eigenvalue weighted by atomic mass is 16.2. The van der Waals surface area contributed by atoms with Gasteiger partial charge in [0.15, 0.2) is 0 Å². The van der Waals surface area contributed by atoms with E-state index in [0.29, 0.717) is 12.1 Å². The number of amides is 2. The van der Waals surface area contributed by atoms with Crippen LogP contribution >= 0.6 is 0 Å². The van der Waals surface area contributed by atoms with Gasteiger partial charge < -0.3 is 10.2 Å². The Morgan fingerprint density at radius 2 is 1.81 bits per heavy atom. The molecule has 0 radical (unpaired) electrons. The molecule has 2 rings (SSSR count). The molecule has 2 amide bonds. The van der Waals surface area contributed by atoms with Gasteiger partial charge in [0.05, 0.1) is 0 Å². The Hall–Kier alpha value is -1.59. The van der Waals surface area contributed by atoms with Crippen LogP contribution in [0.5, 0.6) is 0 Å². The molecule has 0 bridgehead atoms. The van der Waals surface area contributed by atoms with Crippen molar-refractivity contribution in [1.29, 1.82) is 0 Å². The summed E-state index contributed by atoms with van der Waals surface area (Å²) in [5.41, 5.74) is 1.33. The monoisotopic (exact) mass is 360 g/mol. The molecule has 1 aliphatic rings. The molecule has 5 heteroatoms. The fraction of sp³-hybridized carbons (Fsp3) is 0.667. The summed E-state index contributed by atoms with van der Waals surface area (Å²) in [4.78, 5) is 19.1. The predicted molar refractivity (Wildman–Crippen MR) is 108 cm³/mol. The molecular weight excluding hydrogens is 324 g/mol. The fourth-order valence-corrected chi connectivity index (χ4v) is 3.70. The van der Waals surface area contributed by atoms with Crippen LogP contribution in [0.15, 0.2) is 30.3 Å². The largest absolute Gasteiger partial charge is 0.334 e. The topological polar surface area (TPSA) is 38.8 Å². The van der Waals surface area contributed by atoms with Crippen molar-refractivity contribution < 1.29 is 4.79 Å². The van der Waals surface area contributed by atoms with E-state index in [1.165, 1.54) is 5.56 Å². The molecule has 0 spiro atoms. The fourth-order valence-electron chi connectivity index (χ4n) is 3.70. The highest BCUT2D eigenvalue weighted by molar-refractivity contribution is 5.74. The van der Waals surface area contributed by atoms with E-state index >= 15 is 0 Å². The number of carbonyl (C=O) groups is 1. The van der Waals surface area contributed by atoms with Gasteiger partial charge in [0.25, 0.3) is 0 Å². The molecule has 1 saturated heterocycles. The molecule has 5 nitrogen and oxygen atoms in total. The summed E-state index contributed by atoms with van der Waals surface area (Å²) >= 11 is 0. The first-order chi connectivity index (χ1) is 12.4. The molecule has 1 aromatic rings. The average molecular weight is 361 g/mol. The number of nitrogens with one attached hydrogen (secondary N) is 1. The Balaban J connectivity index is 1.73. The maximum Gasteiger partial charge on any atom is 0.317 e. The van der Waals surface area contributed by atoms with Crippen molar-refractivity contribution in [2.24, 2.45) is 0 Å². The summed E-state index contributed by atoms with van der Waals surface area (Å²) in [5.74, 6) is 0. The van der Waals surface area contributed by atoms with Crippen molar-refractivity contribution in [2.75, 3.05) is 33.2 Å². The SMILES string of the molecule is CC(C)N(CCN(C)C(=O)N[C@@H]1CCN(Cc2ccccc2)C1)C(C)C. The van der Waals surface area contributed by atoms with Gasteiger partial charge in [0.1, 0.15) is 0 Å². The first-order valence-corrected chi connectivity index (χ1v) is 9.90. The van der Waals surface area contributed by atoms with Crippen LogP contribution in [0.25, 0.3) is 0 Å². The second kappa shape index (κ2) is 9.93. The van der Waals surface area contributed by atoms with E-state index in [1.54, 1.807) is 0 Å². The van der Waals surface area contributed by atoms with Crippen LogP contribution in [0.3, 0.4) is 0 Å². The van der Waals surface area contributed by atoms with Crippen molar-refractivity contribution in [3.8, 4) is 0 Å². The lowest BCUT2D eigenvalue weighted by atomic mass is 10.2. The second-order valence-corrected chi connectivity index (χ2v) is 8.00. The third-order valence-corrected chi connectivity index (χ3v) is 5.22. The van der Waals surface area contributed by atoms with E-state index < -0.39 is 0 Å². The van der Waals surface area contributed by atoms with Gasteiger partial charge in [-0.3, -0.25) is 9.80 Å². The first kappa shape index (κ1) is 20.7. The minimum atomic E-state index is 0.0454. The molecular formula is C21H36N4O. The van der Waals surface area contributed by atoms with E-state index in [1.807, 2.05) is 18.0 Å². The molecule has 26 heavy (non-hydrogen) atoms. The molecule has 1 heterocycles. The van der Waals surface area contributed by atoms with E-state index in [-0.39, 0.29) is 12.1 Å². The molecule has 0 aromatic heterocycles. The van der Waals surface area contributed by atoms with Crippen LogP contribution in [0.4, 0.5) is 4.79 Å².